The normalized spacial score (nSPS) is 37.3. The first-order chi connectivity index (χ1) is 9.18. The Hall–Kier alpha value is -1.18. The molecule has 104 valence electrons. The zero-order valence-corrected chi connectivity index (χ0v) is 10.5. The quantitative estimate of drug-likeness (QED) is 0.815. The lowest BCUT2D eigenvalue weighted by molar-refractivity contribution is -0.231. The highest BCUT2D eigenvalue weighted by molar-refractivity contribution is 5.28. The summed E-state index contributed by atoms with van der Waals surface area (Å²) < 4.78 is 21.7. The molecule has 2 N–H and O–H groups in total. The number of rotatable bonds is 3. The smallest absolute Gasteiger partial charge is 0.224 e. The van der Waals surface area contributed by atoms with Crippen LogP contribution < -0.4 is 4.74 Å². The van der Waals surface area contributed by atoms with Gasteiger partial charge in [-0.15, -0.1) is 0 Å². The van der Waals surface area contributed by atoms with E-state index in [9.17, 15) is 10.2 Å². The van der Waals surface area contributed by atoms with Gasteiger partial charge in [0.05, 0.1) is 13.7 Å². The van der Waals surface area contributed by atoms with Gasteiger partial charge < -0.3 is 29.2 Å². The Morgan fingerprint density at radius 1 is 1.37 bits per heavy atom. The third kappa shape index (κ3) is 2.01. The standard InChI is InChI=1S/C13H16O6/c1-16-9-4-2-8(3-5-9)12-18-11-10(15)6-17-13(11,7-14)19-12/h2-5,10-12,14-15H,6-7H2,1H3/t10-,11+,12?,13+/m1/s1. The Morgan fingerprint density at radius 2 is 2.11 bits per heavy atom. The van der Waals surface area contributed by atoms with Crippen molar-refractivity contribution in [1.29, 1.82) is 0 Å². The average Bonchev–Trinajstić information content (AvgIpc) is 2.98. The van der Waals surface area contributed by atoms with Gasteiger partial charge in [-0.2, -0.15) is 0 Å². The average molecular weight is 268 g/mol. The maximum atomic E-state index is 9.78. The molecule has 6 nitrogen and oxygen atoms in total. The first kappa shape index (κ1) is 12.8. The lowest BCUT2D eigenvalue weighted by Gasteiger charge is -2.22. The lowest BCUT2D eigenvalue weighted by Crippen LogP contribution is -2.43. The minimum absolute atomic E-state index is 0.0978. The molecule has 1 unspecified atom stereocenters. The molecule has 0 spiro atoms. The summed E-state index contributed by atoms with van der Waals surface area (Å²) in [6, 6.07) is 7.20. The summed E-state index contributed by atoms with van der Waals surface area (Å²) in [6.07, 6.45) is -2.14. The van der Waals surface area contributed by atoms with Crippen LogP contribution in [0.3, 0.4) is 0 Å². The van der Waals surface area contributed by atoms with Gasteiger partial charge in [-0.05, 0) is 12.1 Å². The predicted octanol–water partition coefficient (Wildman–Crippen LogP) is 0.189. The molecule has 2 saturated heterocycles. The molecular weight excluding hydrogens is 252 g/mol. The molecule has 1 aromatic rings. The molecule has 2 heterocycles. The van der Waals surface area contributed by atoms with Crippen molar-refractivity contribution in [1.82, 2.24) is 0 Å². The third-order valence-corrected chi connectivity index (χ3v) is 3.47. The van der Waals surface area contributed by atoms with Crippen molar-refractivity contribution < 1.29 is 29.2 Å². The van der Waals surface area contributed by atoms with Crippen LogP contribution >= 0.6 is 0 Å². The number of hydrogen-bond acceptors (Lipinski definition) is 6. The van der Waals surface area contributed by atoms with E-state index >= 15 is 0 Å². The molecule has 4 atom stereocenters. The number of aliphatic hydroxyl groups excluding tert-OH is 2. The molecule has 0 saturated carbocycles. The number of methoxy groups -OCH3 is 1. The zero-order valence-electron chi connectivity index (χ0n) is 10.5. The van der Waals surface area contributed by atoms with E-state index in [1.807, 2.05) is 12.1 Å². The van der Waals surface area contributed by atoms with Crippen molar-refractivity contribution in [3.63, 3.8) is 0 Å². The van der Waals surface area contributed by atoms with Crippen LogP contribution in [0.1, 0.15) is 11.9 Å². The molecule has 19 heavy (non-hydrogen) atoms. The molecular formula is C13H16O6. The van der Waals surface area contributed by atoms with Gasteiger partial charge in [-0.3, -0.25) is 0 Å². The molecule has 0 radical (unpaired) electrons. The Kier molecular flexibility index (Phi) is 3.20. The Morgan fingerprint density at radius 3 is 2.68 bits per heavy atom. The van der Waals surface area contributed by atoms with Crippen LogP contribution in [0, 0.1) is 0 Å². The maximum absolute atomic E-state index is 9.78. The van der Waals surface area contributed by atoms with E-state index in [0.29, 0.717) is 0 Å². The monoisotopic (exact) mass is 268 g/mol. The molecule has 2 fully saturated rings. The highest BCUT2D eigenvalue weighted by Crippen LogP contribution is 2.44. The van der Waals surface area contributed by atoms with Crippen LogP contribution in [0.2, 0.25) is 0 Å². The molecule has 2 aliphatic rings. The first-order valence-corrected chi connectivity index (χ1v) is 6.08. The highest BCUT2D eigenvalue weighted by Gasteiger charge is 2.58. The van der Waals surface area contributed by atoms with Crippen LogP contribution in [-0.2, 0) is 14.2 Å². The summed E-state index contributed by atoms with van der Waals surface area (Å²) in [5.74, 6) is -0.528. The molecule has 0 aromatic heterocycles. The van der Waals surface area contributed by atoms with Gasteiger partial charge in [0.15, 0.2) is 6.29 Å². The van der Waals surface area contributed by atoms with E-state index in [1.165, 1.54) is 0 Å². The summed E-state index contributed by atoms with van der Waals surface area (Å²) >= 11 is 0. The van der Waals surface area contributed by atoms with Crippen molar-refractivity contribution in [2.45, 2.75) is 24.3 Å². The van der Waals surface area contributed by atoms with E-state index in [2.05, 4.69) is 0 Å². The third-order valence-electron chi connectivity index (χ3n) is 3.47. The molecule has 0 amide bonds. The van der Waals surface area contributed by atoms with Gasteiger partial charge in [-0.1, -0.05) is 12.1 Å². The summed E-state index contributed by atoms with van der Waals surface area (Å²) in [7, 11) is 1.59. The maximum Gasteiger partial charge on any atom is 0.224 e. The van der Waals surface area contributed by atoms with Crippen LogP contribution in [0.25, 0.3) is 0 Å². The van der Waals surface area contributed by atoms with E-state index in [0.717, 1.165) is 11.3 Å². The minimum Gasteiger partial charge on any atom is -0.497 e. The van der Waals surface area contributed by atoms with E-state index in [1.54, 1.807) is 19.2 Å². The van der Waals surface area contributed by atoms with Gasteiger partial charge >= 0.3 is 0 Å². The molecule has 3 rings (SSSR count). The van der Waals surface area contributed by atoms with Crippen molar-refractivity contribution in [3.05, 3.63) is 29.8 Å². The number of fused-ring (bicyclic) bond motifs is 1. The second kappa shape index (κ2) is 4.73. The van der Waals surface area contributed by atoms with Crippen LogP contribution in [-0.4, -0.2) is 48.5 Å². The zero-order chi connectivity index (χ0) is 13.5. The van der Waals surface area contributed by atoms with E-state index in [4.69, 9.17) is 18.9 Å². The fraction of sp³-hybridized carbons (Fsp3) is 0.538. The first-order valence-electron chi connectivity index (χ1n) is 6.08. The summed E-state index contributed by atoms with van der Waals surface area (Å²) in [5, 5.41) is 19.2. The van der Waals surface area contributed by atoms with Crippen molar-refractivity contribution in [3.8, 4) is 5.75 Å². The Balaban J connectivity index is 1.81. The van der Waals surface area contributed by atoms with Crippen LogP contribution in [0.15, 0.2) is 24.3 Å². The Bertz CT molecular complexity index is 447. The van der Waals surface area contributed by atoms with Gasteiger partial charge in [0.2, 0.25) is 5.79 Å². The van der Waals surface area contributed by atoms with Crippen LogP contribution in [0.5, 0.6) is 5.75 Å². The molecule has 2 aliphatic heterocycles. The molecule has 1 aromatic carbocycles. The van der Waals surface area contributed by atoms with Gasteiger partial charge in [0.1, 0.15) is 24.6 Å². The van der Waals surface area contributed by atoms with Crippen LogP contribution in [0.4, 0.5) is 0 Å². The largest absolute Gasteiger partial charge is 0.497 e. The second-order valence-corrected chi connectivity index (χ2v) is 4.63. The highest BCUT2D eigenvalue weighted by atomic mass is 16.8. The number of benzene rings is 1. The van der Waals surface area contributed by atoms with Gasteiger partial charge in [0.25, 0.3) is 0 Å². The number of aliphatic hydroxyl groups is 2. The van der Waals surface area contributed by atoms with Crippen molar-refractivity contribution >= 4 is 0 Å². The summed E-state index contributed by atoms with van der Waals surface area (Å²) in [4.78, 5) is 0. The van der Waals surface area contributed by atoms with Crippen molar-refractivity contribution in [2.24, 2.45) is 0 Å². The molecule has 0 bridgehead atoms. The van der Waals surface area contributed by atoms with E-state index < -0.39 is 24.3 Å². The lowest BCUT2D eigenvalue weighted by atomic mass is 10.1. The molecule has 6 heteroatoms. The topological polar surface area (TPSA) is 77.4 Å². The minimum atomic E-state index is -1.26. The fourth-order valence-corrected chi connectivity index (χ4v) is 2.41. The Labute approximate surface area is 110 Å². The molecule has 0 aliphatic carbocycles. The van der Waals surface area contributed by atoms with E-state index in [-0.39, 0.29) is 13.2 Å². The van der Waals surface area contributed by atoms with Gasteiger partial charge in [0, 0.05) is 5.56 Å². The summed E-state index contributed by atoms with van der Waals surface area (Å²) in [6.45, 7) is -0.262. The van der Waals surface area contributed by atoms with Crippen molar-refractivity contribution in [2.75, 3.05) is 20.3 Å². The van der Waals surface area contributed by atoms with Gasteiger partial charge in [-0.25, -0.2) is 0 Å². The second-order valence-electron chi connectivity index (χ2n) is 4.63. The fourth-order valence-electron chi connectivity index (χ4n) is 2.41. The summed E-state index contributed by atoms with van der Waals surface area (Å²) in [5.41, 5.74) is 0.777. The predicted molar refractivity (Wildman–Crippen MR) is 63.5 cm³/mol. The number of hydrogen-bond donors (Lipinski definition) is 2. The number of ether oxygens (including phenoxy) is 4. The SMILES string of the molecule is COc1ccc(C2O[C@H]3[C@H](O)CO[C@@]3(CO)O2)cc1.